The van der Waals surface area contributed by atoms with Gasteiger partial charge in [-0.05, 0) is 105 Å². The van der Waals surface area contributed by atoms with E-state index in [1.54, 1.807) is 11.1 Å². The van der Waals surface area contributed by atoms with E-state index < -0.39 is 0 Å². The van der Waals surface area contributed by atoms with E-state index in [0.29, 0.717) is 0 Å². The first kappa shape index (κ1) is 28.8. The van der Waals surface area contributed by atoms with Crippen LogP contribution < -0.4 is 10.6 Å². The summed E-state index contributed by atoms with van der Waals surface area (Å²) in [6, 6.07) is 34.5. The first-order valence-corrected chi connectivity index (χ1v) is 18.0. The maximum absolute atomic E-state index is 2.61. The number of allylic oxidation sites excluding steroid dienone is 6. The molecule has 10 rings (SSSR count). The average Bonchev–Trinajstić information content (AvgIpc) is 3.35. The molecule has 49 heavy (non-hydrogen) atoms. The molecule has 0 saturated carbocycles. The molecule has 1 heteroatoms. The Morgan fingerprint density at radius 1 is 0.653 bits per heavy atom. The van der Waals surface area contributed by atoms with Crippen molar-refractivity contribution in [3.05, 3.63) is 181 Å². The number of benzene rings is 4. The van der Waals surface area contributed by atoms with Gasteiger partial charge in [0.05, 0.1) is 11.0 Å². The lowest BCUT2D eigenvalue weighted by Crippen LogP contribution is -2.34. The predicted octanol–water partition coefficient (Wildman–Crippen LogP) is 10.1. The highest BCUT2D eigenvalue weighted by molar-refractivity contribution is 5.84. The van der Waals surface area contributed by atoms with Crippen molar-refractivity contribution < 1.29 is 0 Å². The fourth-order valence-electron chi connectivity index (χ4n) is 9.87. The van der Waals surface area contributed by atoms with Gasteiger partial charge in [0.15, 0.2) is 0 Å². The smallest absolute Gasteiger partial charge is 0.0543 e. The molecule has 0 aliphatic heterocycles. The molecule has 5 aliphatic carbocycles. The van der Waals surface area contributed by atoms with Crippen LogP contribution in [0, 0.1) is 0 Å². The highest BCUT2D eigenvalue weighted by Crippen LogP contribution is 2.50. The van der Waals surface area contributed by atoms with Gasteiger partial charge in [-0.2, -0.15) is 0 Å². The van der Waals surface area contributed by atoms with E-state index in [0.717, 1.165) is 25.7 Å². The first-order chi connectivity index (χ1) is 23.8. The molecule has 0 N–H and O–H groups in total. The fraction of sp³-hybridized carbons (Fsp3) is 0.208. The van der Waals surface area contributed by atoms with E-state index in [9.17, 15) is 0 Å². The van der Waals surface area contributed by atoms with Crippen molar-refractivity contribution in [1.82, 2.24) is 4.57 Å². The van der Waals surface area contributed by atoms with E-state index >= 15 is 0 Å². The minimum Gasteiger partial charge on any atom is -0.310 e. The monoisotopic (exact) mass is 631 g/mol. The van der Waals surface area contributed by atoms with Crippen molar-refractivity contribution in [3.8, 4) is 16.8 Å². The van der Waals surface area contributed by atoms with Gasteiger partial charge in [-0.1, -0.05) is 142 Å². The largest absolute Gasteiger partial charge is 0.310 e. The number of aromatic nitrogens is 1. The maximum atomic E-state index is 2.61. The summed E-state index contributed by atoms with van der Waals surface area (Å²) >= 11 is 0. The van der Waals surface area contributed by atoms with Crippen LogP contribution in [0.5, 0.6) is 0 Å². The van der Waals surface area contributed by atoms with Crippen molar-refractivity contribution in [3.63, 3.8) is 0 Å². The molecule has 0 atom stereocenters. The molecule has 3 bridgehead atoms. The highest BCUT2D eigenvalue weighted by atomic mass is 15.0. The lowest BCUT2D eigenvalue weighted by molar-refractivity contribution is 0.600. The second kappa shape index (κ2) is 10.2. The van der Waals surface area contributed by atoms with Gasteiger partial charge in [0.1, 0.15) is 0 Å². The molecule has 0 saturated heterocycles. The van der Waals surface area contributed by atoms with Crippen LogP contribution in [0.3, 0.4) is 0 Å². The van der Waals surface area contributed by atoms with Crippen molar-refractivity contribution in [1.29, 1.82) is 0 Å². The minimum atomic E-state index is -0.0697. The van der Waals surface area contributed by atoms with Gasteiger partial charge in [0, 0.05) is 28.2 Å². The van der Waals surface area contributed by atoms with Gasteiger partial charge in [-0.15, -0.1) is 0 Å². The molecule has 0 unspecified atom stereocenters. The number of nitrogens with zero attached hydrogens (tertiary/aromatic N) is 1. The lowest BCUT2D eigenvalue weighted by Gasteiger charge is -2.31. The Labute approximate surface area is 289 Å². The molecular weight excluding hydrogens is 591 g/mol. The molecule has 0 radical (unpaired) electrons. The minimum absolute atomic E-state index is 0.0580. The second-order valence-electron chi connectivity index (χ2n) is 15.7. The molecule has 1 nitrogen and oxygen atoms in total. The summed E-state index contributed by atoms with van der Waals surface area (Å²) < 4.78 is 2.61. The van der Waals surface area contributed by atoms with E-state index in [-0.39, 0.29) is 10.8 Å². The number of fused-ring (bicyclic) bond motifs is 11. The normalized spacial score (nSPS) is 22.1. The van der Waals surface area contributed by atoms with Crippen molar-refractivity contribution in [2.24, 2.45) is 0 Å². The Bertz CT molecular complexity index is 2530. The molecule has 0 spiro atoms. The van der Waals surface area contributed by atoms with Crippen LogP contribution in [0.15, 0.2) is 126 Å². The summed E-state index contributed by atoms with van der Waals surface area (Å²) in [5, 5.41) is 2.74. The zero-order valence-electron chi connectivity index (χ0n) is 28.9. The number of rotatable bonds is 1. The molecule has 4 aromatic carbocycles. The van der Waals surface area contributed by atoms with Gasteiger partial charge in [-0.3, -0.25) is 0 Å². The van der Waals surface area contributed by atoms with Gasteiger partial charge in [0.25, 0.3) is 0 Å². The third kappa shape index (κ3) is 4.05. The van der Waals surface area contributed by atoms with Crippen LogP contribution in [0.25, 0.3) is 40.6 Å². The SMILES string of the molecule is CC1(C)C2=C3CC(=C\C=C/C2)/C=c2\c(c4c(n2-c2ccc5c(c2)C(C)(C)c2ccccc2-5)C=Cc2ccccc2C4)=C(/C3)c2ccccc21. The van der Waals surface area contributed by atoms with E-state index in [2.05, 4.69) is 160 Å². The van der Waals surface area contributed by atoms with Crippen molar-refractivity contribution >= 4 is 23.8 Å². The van der Waals surface area contributed by atoms with Crippen molar-refractivity contribution in [2.75, 3.05) is 0 Å². The molecule has 5 aliphatic rings. The molecule has 5 aromatic rings. The third-order valence-electron chi connectivity index (χ3n) is 12.3. The summed E-state index contributed by atoms with van der Waals surface area (Å²) in [4.78, 5) is 0. The Kier molecular flexibility index (Phi) is 6.00. The topological polar surface area (TPSA) is 4.93 Å². The number of hydrogen-bond donors (Lipinski definition) is 0. The average molecular weight is 632 g/mol. The molecular formula is C48H41N. The zero-order valence-corrected chi connectivity index (χ0v) is 28.9. The van der Waals surface area contributed by atoms with Crippen LogP contribution in [0.2, 0.25) is 0 Å². The van der Waals surface area contributed by atoms with Crippen LogP contribution >= 0.6 is 0 Å². The summed E-state index contributed by atoms with van der Waals surface area (Å²) in [6.07, 6.45) is 18.2. The number of hydrogen-bond acceptors (Lipinski definition) is 0. The molecule has 0 fully saturated rings. The van der Waals surface area contributed by atoms with E-state index in [1.807, 2.05) is 0 Å². The summed E-state index contributed by atoms with van der Waals surface area (Å²) in [6.45, 7) is 9.70. The zero-order chi connectivity index (χ0) is 33.1. The quantitative estimate of drug-likeness (QED) is 0.159. The summed E-state index contributed by atoms with van der Waals surface area (Å²) in [7, 11) is 0. The van der Waals surface area contributed by atoms with Gasteiger partial charge in [-0.25, -0.2) is 0 Å². The van der Waals surface area contributed by atoms with Crippen molar-refractivity contribution in [2.45, 2.75) is 64.2 Å². The Morgan fingerprint density at radius 2 is 1.39 bits per heavy atom. The summed E-state index contributed by atoms with van der Waals surface area (Å²) in [5.74, 6) is 0. The second-order valence-corrected chi connectivity index (χ2v) is 15.7. The lowest BCUT2D eigenvalue weighted by atomic mass is 9.73. The van der Waals surface area contributed by atoms with Crippen LogP contribution in [0.4, 0.5) is 0 Å². The molecule has 0 amide bonds. The van der Waals surface area contributed by atoms with Crippen LogP contribution in [-0.2, 0) is 17.3 Å². The van der Waals surface area contributed by atoms with Gasteiger partial charge < -0.3 is 4.57 Å². The Morgan fingerprint density at radius 3 is 2.24 bits per heavy atom. The molecule has 1 heterocycles. The van der Waals surface area contributed by atoms with Crippen LogP contribution in [0.1, 0.15) is 91.6 Å². The standard InChI is InChI=1S/C48H41N/c1-47(2)40-18-10-5-13-30-25-33(40)28-38(36-17-9-12-20-42(36)47)46-39-27-32-15-7-6-14-31(32)21-24-44(39)49(45(46)26-30)34-22-23-37-35-16-8-11-19-41(35)48(3,4)43(37)29-34/h5-17,19-24,26,29H,18,25,27-28H2,1-4H3/b10-5-,30-13+,45-26+,46-38+. The molecule has 1 aromatic heterocycles. The van der Waals surface area contributed by atoms with Crippen LogP contribution in [-0.4, -0.2) is 4.57 Å². The maximum Gasteiger partial charge on any atom is 0.0543 e. The van der Waals surface area contributed by atoms with Gasteiger partial charge in [0.2, 0.25) is 0 Å². The van der Waals surface area contributed by atoms with E-state index in [4.69, 9.17) is 0 Å². The van der Waals surface area contributed by atoms with Gasteiger partial charge >= 0.3 is 0 Å². The predicted molar refractivity (Wildman–Crippen MR) is 205 cm³/mol. The summed E-state index contributed by atoms with van der Waals surface area (Å²) in [5.41, 5.74) is 21.0. The highest BCUT2D eigenvalue weighted by Gasteiger charge is 2.37. The Hall–Kier alpha value is -5.14. The Balaban J connectivity index is 1.37. The first-order valence-electron chi connectivity index (χ1n) is 18.0. The molecule has 238 valence electrons. The fourth-order valence-corrected chi connectivity index (χ4v) is 9.87. The van der Waals surface area contributed by atoms with E-state index in [1.165, 1.54) is 83.2 Å². The third-order valence-corrected chi connectivity index (χ3v) is 12.3.